The smallest absolute Gasteiger partial charge is 0.339 e. The second-order valence-corrected chi connectivity index (χ2v) is 4.16. The zero-order valence-corrected chi connectivity index (χ0v) is 11.7. The topological polar surface area (TPSA) is 160 Å². The SMILES string of the molecule is O=C(CCC(CON[O-])O[N+](=O)[O-])Oc1ccccc1C(=O)O. The van der Waals surface area contributed by atoms with E-state index in [1.807, 2.05) is 0 Å². The number of esters is 1. The molecule has 0 saturated carbocycles. The molecule has 0 bridgehead atoms. The van der Waals surface area contributed by atoms with Gasteiger partial charge in [0, 0.05) is 6.42 Å². The number of hydrogen-bond donors (Lipinski definition) is 2. The van der Waals surface area contributed by atoms with E-state index in [4.69, 9.17) is 9.84 Å². The fourth-order valence-electron chi connectivity index (χ4n) is 1.60. The van der Waals surface area contributed by atoms with Gasteiger partial charge in [-0.15, -0.1) is 10.1 Å². The Morgan fingerprint density at radius 3 is 2.65 bits per heavy atom. The average Bonchev–Trinajstić information content (AvgIpc) is 2.50. The highest BCUT2D eigenvalue weighted by molar-refractivity contribution is 5.91. The Kier molecular flexibility index (Phi) is 7.39. The summed E-state index contributed by atoms with van der Waals surface area (Å²) in [7, 11) is 0. The number of nitrogens with one attached hydrogen (secondary N) is 1. The number of para-hydroxylation sites is 1. The molecule has 2 N–H and O–H groups in total. The third-order valence-electron chi connectivity index (χ3n) is 2.57. The Morgan fingerprint density at radius 2 is 2.04 bits per heavy atom. The first-order chi connectivity index (χ1) is 10.9. The average molecular weight is 329 g/mol. The van der Waals surface area contributed by atoms with E-state index in [0.717, 1.165) is 5.64 Å². The predicted octanol–water partition coefficient (Wildman–Crippen LogP) is 0.666. The number of nitrogens with zero attached hydrogens (tertiary/aromatic N) is 1. The fourth-order valence-corrected chi connectivity index (χ4v) is 1.60. The highest BCUT2D eigenvalue weighted by atomic mass is 17.0. The molecule has 0 radical (unpaired) electrons. The number of carbonyl (C=O) groups excluding carboxylic acids is 1. The van der Waals surface area contributed by atoms with Crippen molar-refractivity contribution >= 4 is 11.9 Å². The molecule has 1 aromatic rings. The van der Waals surface area contributed by atoms with Crippen molar-refractivity contribution in [2.75, 3.05) is 6.61 Å². The molecule has 0 saturated heterocycles. The summed E-state index contributed by atoms with van der Waals surface area (Å²) in [6.07, 6.45) is -1.64. The summed E-state index contributed by atoms with van der Waals surface area (Å²) in [5.74, 6) is -2.22. The number of ether oxygens (including phenoxy) is 1. The molecule has 1 aromatic carbocycles. The third-order valence-corrected chi connectivity index (χ3v) is 2.57. The summed E-state index contributed by atoms with van der Waals surface area (Å²) >= 11 is 0. The molecule has 1 unspecified atom stereocenters. The second kappa shape index (κ2) is 9.30. The van der Waals surface area contributed by atoms with Crippen LogP contribution >= 0.6 is 0 Å². The van der Waals surface area contributed by atoms with Gasteiger partial charge in [-0.2, -0.15) is 0 Å². The van der Waals surface area contributed by atoms with Gasteiger partial charge in [0.05, 0.1) is 6.61 Å². The number of aromatic carboxylic acids is 1. The van der Waals surface area contributed by atoms with Crippen LogP contribution in [0.25, 0.3) is 0 Å². The molecule has 11 heteroatoms. The summed E-state index contributed by atoms with van der Waals surface area (Å²) in [6, 6.07) is 5.52. The summed E-state index contributed by atoms with van der Waals surface area (Å²) in [6.45, 7) is -0.455. The molecule has 11 nitrogen and oxygen atoms in total. The lowest BCUT2D eigenvalue weighted by atomic mass is 10.2. The number of carboxylic acid groups (broad SMARTS) is 1. The molecule has 0 amide bonds. The summed E-state index contributed by atoms with van der Waals surface area (Å²) in [4.78, 5) is 41.4. The number of rotatable bonds is 10. The van der Waals surface area contributed by atoms with Crippen LogP contribution in [-0.4, -0.2) is 34.8 Å². The molecule has 0 aliphatic rings. The van der Waals surface area contributed by atoms with Crippen LogP contribution in [0.4, 0.5) is 0 Å². The van der Waals surface area contributed by atoms with E-state index in [2.05, 4.69) is 9.68 Å². The van der Waals surface area contributed by atoms with E-state index < -0.39 is 29.7 Å². The molecular formula is C12H13N2O9-. The lowest BCUT2D eigenvalue weighted by Gasteiger charge is -2.16. The quantitative estimate of drug-likeness (QED) is 0.270. The number of benzene rings is 1. The van der Waals surface area contributed by atoms with Crippen LogP contribution in [0.15, 0.2) is 24.3 Å². The van der Waals surface area contributed by atoms with Gasteiger partial charge in [-0.05, 0) is 18.6 Å². The minimum absolute atomic E-state index is 0.144. The first-order valence-corrected chi connectivity index (χ1v) is 6.27. The maximum Gasteiger partial charge on any atom is 0.339 e. The van der Waals surface area contributed by atoms with Crippen molar-refractivity contribution in [1.82, 2.24) is 5.64 Å². The van der Waals surface area contributed by atoms with Gasteiger partial charge in [0.15, 0.2) is 0 Å². The molecule has 0 fully saturated rings. The van der Waals surface area contributed by atoms with Gasteiger partial charge >= 0.3 is 11.9 Å². The van der Waals surface area contributed by atoms with Gasteiger partial charge in [0.25, 0.3) is 5.09 Å². The summed E-state index contributed by atoms with van der Waals surface area (Å²) in [5.41, 5.74) is 0.888. The lowest BCUT2D eigenvalue weighted by Crippen LogP contribution is -2.27. The molecule has 1 atom stereocenters. The molecule has 23 heavy (non-hydrogen) atoms. The Balaban J connectivity index is 2.58. The molecule has 0 spiro atoms. The number of carbonyl (C=O) groups is 2. The van der Waals surface area contributed by atoms with E-state index in [9.17, 15) is 24.9 Å². The maximum atomic E-state index is 11.7. The zero-order chi connectivity index (χ0) is 17.2. The molecule has 0 aromatic heterocycles. The molecule has 0 aliphatic carbocycles. The van der Waals surface area contributed by atoms with Crippen LogP contribution in [0, 0.1) is 15.3 Å². The summed E-state index contributed by atoms with van der Waals surface area (Å²) < 4.78 is 4.90. The van der Waals surface area contributed by atoms with Crippen molar-refractivity contribution in [2.24, 2.45) is 0 Å². The minimum Gasteiger partial charge on any atom is -0.765 e. The molecule has 1 rings (SSSR count). The fraction of sp³-hybridized carbons (Fsp3) is 0.333. The summed E-state index contributed by atoms with van der Waals surface area (Å²) in [5, 5.41) is 28.1. The van der Waals surface area contributed by atoms with Crippen LogP contribution in [0.1, 0.15) is 23.2 Å². The maximum absolute atomic E-state index is 11.7. The van der Waals surface area contributed by atoms with Crippen LogP contribution in [0.3, 0.4) is 0 Å². The monoisotopic (exact) mass is 329 g/mol. The van der Waals surface area contributed by atoms with Gasteiger partial charge in [-0.3, -0.25) is 10.4 Å². The lowest BCUT2D eigenvalue weighted by molar-refractivity contribution is -0.769. The third kappa shape index (κ3) is 6.69. The highest BCUT2D eigenvalue weighted by Crippen LogP contribution is 2.19. The first kappa shape index (κ1) is 18.3. The Morgan fingerprint density at radius 1 is 1.35 bits per heavy atom. The van der Waals surface area contributed by atoms with Crippen molar-refractivity contribution in [1.29, 1.82) is 0 Å². The van der Waals surface area contributed by atoms with Gasteiger partial charge < -0.3 is 24.7 Å². The van der Waals surface area contributed by atoms with Crippen LogP contribution in [-0.2, 0) is 14.5 Å². The Hall–Kier alpha value is -2.76. The largest absolute Gasteiger partial charge is 0.765 e. The molecule has 0 heterocycles. The zero-order valence-electron chi connectivity index (χ0n) is 11.7. The second-order valence-electron chi connectivity index (χ2n) is 4.16. The minimum atomic E-state index is -1.27. The van der Waals surface area contributed by atoms with Gasteiger partial charge in [-0.25, -0.2) is 4.79 Å². The van der Waals surface area contributed by atoms with E-state index in [0.29, 0.717) is 0 Å². The number of carboxylic acids is 1. The van der Waals surface area contributed by atoms with Gasteiger partial charge in [0.1, 0.15) is 17.4 Å². The highest BCUT2D eigenvalue weighted by Gasteiger charge is 2.18. The van der Waals surface area contributed by atoms with Crippen molar-refractivity contribution in [2.45, 2.75) is 18.9 Å². The van der Waals surface area contributed by atoms with Crippen LogP contribution < -0.4 is 10.4 Å². The van der Waals surface area contributed by atoms with Crippen LogP contribution in [0.2, 0.25) is 0 Å². The van der Waals surface area contributed by atoms with Crippen molar-refractivity contribution in [3.05, 3.63) is 45.2 Å². The van der Waals surface area contributed by atoms with E-state index in [1.54, 1.807) is 0 Å². The van der Waals surface area contributed by atoms with E-state index in [1.165, 1.54) is 24.3 Å². The van der Waals surface area contributed by atoms with Gasteiger partial charge in [0.2, 0.25) is 0 Å². The van der Waals surface area contributed by atoms with Crippen LogP contribution in [0.5, 0.6) is 5.75 Å². The Labute approximate surface area is 129 Å². The molecule has 0 aliphatic heterocycles. The van der Waals surface area contributed by atoms with Crippen molar-refractivity contribution in [3.63, 3.8) is 0 Å². The normalized spacial score (nSPS) is 11.5. The first-order valence-electron chi connectivity index (χ1n) is 6.27. The van der Waals surface area contributed by atoms with E-state index in [-0.39, 0.29) is 24.2 Å². The van der Waals surface area contributed by atoms with Crippen molar-refractivity contribution in [3.8, 4) is 5.75 Å². The standard InChI is InChI=1S/C12H13N2O9/c15-11(6-5-8(7-21-13-18)23-14(19)20)22-10-4-2-1-3-9(10)12(16)17/h1-4,8,13H,5-7H2,(H,16,17)/q-1. The Bertz CT molecular complexity index is 563. The van der Waals surface area contributed by atoms with Gasteiger partial charge in [-0.1, -0.05) is 12.1 Å². The number of hydrogen-bond acceptors (Lipinski definition) is 9. The molecular weight excluding hydrogens is 316 g/mol. The van der Waals surface area contributed by atoms with E-state index >= 15 is 0 Å². The van der Waals surface area contributed by atoms with Crippen molar-refractivity contribution < 1.29 is 34.2 Å². The molecule has 126 valence electrons. The predicted molar refractivity (Wildman–Crippen MR) is 72.6 cm³/mol.